The molecule has 5 nitrogen and oxygen atoms in total. The second kappa shape index (κ2) is 5.62. The molecule has 2 rings (SSSR count). The van der Waals surface area contributed by atoms with Gasteiger partial charge in [0.05, 0.1) is 0 Å². The Kier molecular flexibility index (Phi) is 3.92. The second-order valence-electron chi connectivity index (χ2n) is 4.23. The zero-order valence-corrected chi connectivity index (χ0v) is 10.7. The number of ether oxygens (including phenoxy) is 2. The molecule has 1 atom stereocenters. The quantitative estimate of drug-likeness (QED) is 0.835. The van der Waals surface area contributed by atoms with Crippen molar-refractivity contribution in [1.82, 2.24) is 5.32 Å². The molecule has 2 N–H and O–H groups in total. The van der Waals surface area contributed by atoms with Crippen molar-refractivity contribution in [2.45, 2.75) is 26.3 Å². The van der Waals surface area contributed by atoms with Crippen LogP contribution in [0, 0.1) is 0 Å². The molecule has 5 heteroatoms. The Morgan fingerprint density at radius 2 is 2.17 bits per heavy atom. The molecule has 1 amide bonds. The first-order chi connectivity index (χ1) is 8.70. The molecule has 1 aliphatic heterocycles. The van der Waals surface area contributed by atoms with Gasteiger partial charge in [0.25, 0.3) is 0 Å². The van der Waals surface area contributed by atoms with Crippen LogP contribution in [0.15, 0.2) is 18.2 Å². The molecule has 1 aromatic carbocycles. The van der Waals surface area contributed by atoms with E-state index in [1.54, 1.807) is 0 Å². The number of rotatable bonds is 5. The molecule has 0 aliphatic carbocycles. The van der Waals surface area contributed by atoms with Gasteiger partial charge in [0.15, 0.2) is 11.5 Å². The van der Waals surface area contributed by atoms with Gasteiger partial charge >= 0.3 is 0 Å². The molecule has 1 unspecified atom stereocenters. The Labute approximate surface area is 106 Å². The summed E-state index contributed by atoms with van der Waals surface area (Å²) >= 11 is 0. The minimum absolute atomic E-state index is 0.00508. The van der Waals surface area contributed by atoms with E-state index in [0.29, 0.717) is 12.3 Å². The molecule has 1 aromatic rings. The Morgan fingerprint density at radius 1 is 1.39 bits per heavy atom. The maximum atomic E-state index is 11.7. The monoisotopic (exact) mass is 250 g/mol. The largest absolute Gasteiger partial charge is 0.454 e. The fourth-order valence-corrected chi connectivity index (χ4v) is 1.70. The third kappa shape index (κ3) is 2.85. The lowest BCUT2D eigenvalue weighted by Crippen LogP contribution is -2.37. The Balaban J connectivity index is 1.94. The number of anilines is 1. The standard InChI is InChI=1S/C13H18N2O3/c1-3-6-14-13(16)9(2)15-10-4-5-11-12(7-10)18-8-17-11/h4-5,7,9,15H,3,6,8H2,1-2H3,(H,14,16). The van der Waals surface area contributed by atoms with Crippen LogP contribution in [0.3, 0.4) is 0 Å². The predicted molar refractivity (Wildman–Crippen MR) is 69.0 cm³/mol. The summed E-state index contributed by atoms with van der Waals surface area (Å²) in [5.74, 6) is 1.44. The molecular weight excluding hydrogens is 232 g/mol. The van der Waals surface area contributed by atoms with E-state index in [1.165, 1.54) is 0 Å². The fraction of sp³-hybridized carbons (Fsp3) is 0.462. The van der Waals surface area contributed by atoms with Crippen molar-refractivity contribution in [2.24, 2.45) is 0 Å². The van der Waals surface area contributed by atoms with Gasteiger partial charge in [-0.1, -0.05) is 6.92 Å². The summed E-state index contributed by atoms with van der Waals surface area (Å²) in [5, 5.41) is 5.98. The number of carbonyl (C=O) groups is 1. The molecule has 0 radical (unpaired) electrons. The average Bonchev–Trinajstić information content (AvgIpc) is 2.83. The summed E-state index contributed by atoms with van der Waals surface area (Å²) in [6.45, 7) is 4.81. The zero-order chi connectivity index (χ0) is 13.0. The molecule has 0 bridgehead atoms. The van der Waals surface area contributed by atoms with E-state index in [-0.39, 0.29) is 18.7 Å². The fourth-order valence-electron chi connectivity index (χ4n) is 1.70. The number of hydrogen-bond acceptors (Lipinski definition) is 4. The number of nitrogens with one attached hydrogen (secondary N) is 2. The van der Waals surface area contributed by atoms with Crippen LogP contribution < -0.4 is 20.1 Å². The zero-order valence-electron chi connectivity index (χ0n) is 10.7. The van der Waals surface area contributed by atoms with Gasteiger partial charge in [0.2, 0.25) is 12.7 Å². The lowest BCUT2D eigenvalue weighted by atomic mass is 10.2. The third-order valence-electron chi connectivity index (χ3n) is 2.70. The maximum absolute atomic E-state index is 11.7. The van der Waals surface area contributed by atoms with Gasteiger partial charge in [-0.25, -0.2) is 0 Å². The van der Waals surface area contributed by atoms with Crippen LogP contribution in [-0.4, -0.2) is 25.3 Å². The van der Waals surface area contributed by atoms with Crippen molar-refractivity contribution in [1.29, 1.82) is 0 Å². The number of hydrogen-bond donors (Lipinski definition) is 2. The van der Waals surface area contributed by atoms with Crippen molar-refractivity contribution in [2.75, 3.05) is 18.7 Å². The van der Waals surface area contributed by atoms with Gasteiger partial charge in [-0.2, -0.15) is 0 Å². The smallest absolute Gasteiger partial charge is 0.242 e. The highest BCUT2D eigenvalue weighted by Gasteiger charge is 2.16. The van der Waals surface area contributed by atoms with E-state index >= 15 is 0 Å². The molecule has 18 heavy (non-hydrogen) atoms. The summed E-state index contributed by atoms with van der Waals surface area (Å²) < 4.78 is 10.5. The van der Waals surface area contributed by atoms with Crippen molar-refractivity contribution >= 4 is 11.6 Å². The van der Waals surface area contributed by atoms with Gasteiger partial charge in [-0.15, -0.1) is 0 Å². The molecule has 1 heterocycles. The second-order valence-corrected chi connectivity index (χ2v) is 4.23. The number of carbonyl (C=O) groups excluding carboxylic acids is 1. The number of amides is 1. The topological polar surface area (TPSA) is 59.6 Å². The van der Waals surface area contributed by atoms with E-state index in [0.717, 1.165) is 17.9 Å². The maximum Gasteiger partial charge on any atom is 0.242 e. The van der Waals surface area contributed by atoms with Gasteiger partial charge in [0, 0.05) is 18.3 Å². The van der Waals surface area contributed by atoms with Gasteiger partial charge < -0.3 is 20.1 Å². The highest BCUT2D eigenvalue weighted by Crippen LogP contribution is 2.34. The molecule has 0 fully saturated rings. The number of benzene rings is 1. The first-order valence-electron chi connectivity index (χ1n) is 6.14. The molecule has 98 valence electrons. The molecular formula is C13H18N2O3. The molecule has 0 spiro atoms. The summed E-state index contributed by atoms with van der Waals surface area (Å²) in [4.78, 5) is 11.7. The van der Waals surface area contributed by atoms with Crippen LogP contribution in [0.4, 0.5) is 5.69 Å². The van der Waals surface area contributed by atoms with Crippen molar-refractivity contribution in [3.8, 4) is 11.5 Å². The first-order valence-corrected chi connectivity index (χ1v) is 6.14. The van der Waals surface area contributed by atoms with E-state index < -0.39 is 0 Å². The lowest BCUT2D eigenvalue weighted by molar-refractivity contribution is -0.121. The van der Waals surface area contributed by atoms with Crippen molar-refractivity contribution < 1.29 is 14.3 Å². The molecule has 0 saturated carbocycles. The summed E-state index contributed by atoms with van der Waals surface area (Å²) in [6, 6.07) is 5.27. The average molecular weight is 250 g/mol. The van der Waals surface area contributed by atoms with E-state index in [4.69, 9.17) is 9.47 Å². The Bertz CT molecular complexity index is 434. The number of fused-ring (bicyclic) bond motifs is 1. The Hall–Kier alpha value is -1.91. The minimum atomic E-state index is -0.281. The van der Waals surface area contributed by atoms with Gasteiger partial charge in [-0.3, -0.25) is 4.79 Å². The van der Waals surface area contributed by atoms with Crippen LogP contribution in [0.25, 0.3) is 0 Å². The lowest BCUT2D eigenvalue weighted by Gasteiger charge is -2.15. The Morgan fingerprint density at radius 3 is 2.94 bits per heavy atom. The third-order valence-corrected chi connectivity index (χ3v) is 2.70. The summed E-state index contributed by atoms with van der Waals surface area (Å²) in [6.07, 6.45) is 0.933. The summed E-state index contributed by atoms with van der Waals surface area (Å²) in [5.41, 5.74) is 0.846. The van der Waals surface area contributed by atoms with E-state index in [9.17, 15) is 4.79 Å². The van der Waals surface area contributed by atoms with Crippen molar-refractivity contribution in [3.05, 3.63) is 18.2 Å². The molecule has 1 aliphatic rings. The first kappa shape index (κ1) is 12.5. The highest BCUT2D eigenvalue weighted by atomic mass is 16.7. The van der Waals surface area contributed by atoms with Crippen LogP contribution in [-0.2, 0) is 4.79 Å². The SMILES string of the molecule is CCCNC(=O)C(C)Nc1ccc2c(c1)OCO2. The van der Waals surface area contributed by atoms with Gasteiger partial charge in [0.1, 0.15) is 6.04 Å². The van der Waals surface area contributed by atoms with Crippen LogP contribution in [0.2, 0.25) is 0 Å². The van der Waals surface area contributed by atoms with Crippen molar-refractivity contribution in [3.63, 3.8) is 0 Å². The normalized spacial score (nSPS) is 14.1. The molecule has 0 aromatic heterocycles. The minimum Gasteiger partial charge on any atom is -0.454 e. The summed E-state index contributed by atoms with van der Waals surface area (Å²) in [7, 11) is 0. The van der Waals surface area contributed by atoms with Gasteiger partial charge in [-0.05, 0) is 25.5 Å². The van der Waals surface area contributed by atoms with E-state index in [1.807, 2.05) is 32.0 Å². The highest BCUT2D eigenvalue weighted by molar-refractivity contribution is 5.84. The molecule has 0 saturated heterocycles. The van der Waals surface area contributed by atoms with E-state index in [2.05, 4.69) is 10.6 Å². The van der Waals surface area contributed by atoms with Crippen LogP contribution >= 0.6 is 0 Å². The van der Waals surface area contributed by atoms with Crippen LogP contribution in [0.1, 0.15) is 20.3 Å². The van der Waals surface area contributed by atoms with Crippen LogP contribution in [0.5, 0.6) is 11.5 Å². The predicted octanol–water partition coefficient (Wildman–Crippen LogP) is 1.74.